The number of hydrogen-bond acceptors (Lipinski definition) is 4. The molecule has 152 valence electrons. The third-order valence-electron chi connectivity index (χ3n) is 5.12. The van der Waals surface area contributed by atoms with Crippen LogP contribution in [0.25, 0.3) is 21.8 Å². The Bertz CT molecular complexity index is 1400. The van der Waals surface area contributed by atoms with E-state index in [0.29, 0.717) is 12.2 Å². The van der Waals surface area contributed by atoms with Crippen molar-refractivity contribution >= 4 is 45.2 Å². The molecular weight excluding hydrogens is 404 g/mol. The summed E-state index contributed by atoms with van der Waals surface area (Å²) in [4.78, 5) is 21.5. The number of nitrogens with zero attached hydrogens (tertiary/aromatic N) is 1. The second kappa shape index (κ2) is 8.16. The zero-order chi connectivity index (χ0) is 21.2. The number of rotatable bonds is 6. The molecule has 0 radical (unpaired) electrons. The van der Waals surface area contributed by atoms with Crippen molar-refractivity contribution in [1.29, 1.82) is 0 Å². The molecule has 0 saturated carbocycles. The Kier molecular flexibility index (Phi) is 5.06. The number of carbonyl (C=O) groups is 1. The van der Waals surface area contributed by atoms with Gasteiger partial charge in [0.25, 0.3) is 5.91 Å². The lowest BCUT2D eigenvalue weighted by Crippen LogP contribution is -2.12. The van der Waals surface area contributed by atoms with Crippen molar-refractivity contribution in [1.82, 2.24) is 9.97 Å². The molecule has 3 aromatic carbocycles. The first-order chi connectivity index (χ1) is 15.2. The van der Waals surface area contributed by atoms with Gasteiger partial charge in [0, 0.05) is 39.6 Å². The van der Waals surface area contributed by atoms with Gasteiger partial charge in [-0.25, -0.2) is 0 Å². The van der Waals surface area contributed by atoms with E-state index in [2.05, 4.69) is 39.6 Å². The molecule has 5 aromatic rings. The van der Waals surface area contributed by atoms with Gasteiger partial charge in [0.1, 0.15) is 5.69 Å². The van der Waals surface area contributed by atoms with Crippen LogP contribution in [-0.4, -0.2) is 15.9 Å². The highest BCUT2D eigenvalue weighted by Crippen LogP contribution is 2.37. The molecule has 0 atom stereocenters. The van der Waals surface area contributed by atoms with Gasteiger partial charge >= 0.3 is 0 Å². The lowest BCUT2D eigenvalue weighted by atomic mass is 10.1. The number of carbonyl (C=O) groups excluding carboxylic acids is 1. The van der Waals surface area contributed by atoms with E-state index in [1.165, 1.54) is 0 Å². The summed E-state index contributed by atoms with van der Waals surface area (Å²) in [5.41, 5.74) is 10.1. The summed E-state index contributed by atoms with van der Waals surface area (Å²) in [7, 11) is 0. The third kappa shape index (κ3) is 3.98. The van der Waals surface area contributed by atoms with Gasteiger partial charge in [-0.3, -0.25) is 9.78 Å². The minimum absolute atomic E-state index is 0.441. The number of benzene rings is 3. The van der Waals surface area contributed by atoms with E-state index in [1.54, 1.807) is 18.0 Å². The van der Waals surface area contributed by atoms with Gasteiger partial charge in [-0.15, -0.1) is 0 Å². The molecule has 4 N–H and O–H groups in total. The van der Waals surface area contributed by atoms with E-state index in [-0.39, 0.29) is 0 Å². The minimum Gasteiger partial charge on any atom is -0.381 e. The molecule has 1 amide bonds. The third-order valence-corrected chi connectivity index (χ3v) is 6.26. The van der Waals surface area contributed by atoms with Crippen molar-refractivity contribution in [2.45, 2.75) is 16.3 Å². The minimum atomic E-state index is -0.459. The van der Waals surface area contributed by atoms with E-state index in [4.69, 9.17) is 5.73 Å². The van der Waals surface area contributed by atoms with Crippen molar-refractivity contribution in [2.75, 3.05) is 5.32 Å². The van der Waals surface area contributed by atoms with Crippen LogP contribution in [-0.2, 0) is 6.54 Å². The molecule has 0 fully saturated rings. The molecule has 31 heavy (non-hydrogen) atoms. The summed E-state index contributed by atoms with van der Waals surface area (Å²) in [6.07, 6.45) is 1.80. The lowest BCUT2D eigenvalue weighted by Gasteiger charge is -2.08. The van der Waals surface area contributed by atoms with Gasteiger partial charge in [0.05, 0.1) is 10.4 Å². The molecule has 5 rings (SSSR count). The van der Waals surface area contributed by atoms with Crippen molar-refractivity contribution < 1.29 is 4.79 Å². The van der Waals surface area contributed by atoms with Crippen molar-refractivity contribution in [3.8, 4) is 0 Å². The maximum Gasteiger partial charge on any atom is 0.266 e. The Morgan fingerprint density at radius 2 is 1.87 bits per heavy atom. The Morgan fingerprint density at radius 3 is 2.71 bits per heavy atom. The van der Waals surface area contributed by atoms with E-state index in [0.717, 1.165) is 42.8 Å². The number of amides is 1. The maximum atomic E-state index is 12.0. The van der Waals surface area contributed by atoms with E-state index in [9.17, 15) is 4.79 Å². The molecule has 2 heterocycles. The molecule has 5 nitrogen and oxygen atoms in total. The average molecular weight is 425 g/mol. The van der Waals surface area contributed by atoms with Crippen LogP contribution in [0.4, 0.5) is 5.69 Å². The SMILES string of the molecule is NC(=O)c1[nH]c2ccc(CNc3ccc4ncccc4c3)cc2c1Sc1ccccc1. The first-order valence-electron chi connectivity index (χ1n) is 9.93. The molecule has 0 unspecified atom stereocenters. The van der Waals surface area contributed by atoms with Crippen molar-refractivity contribution in [3.05, 3.63) is 96.3 Å². The molecule has 0 saturated heterocycles. The number of nitrogens with one attached hydrogen (secondary N) is 2. The monoisotopic (exact) mass is 424 g/mol. The smallest absolute Gasteiger partial charge is 0.266 e. The highest BCUT2D eigenvalue weighted by Gasteiger charge is 2.17. The maximum absolute atomic E-state index is 12.0. The number of aromatic amines is 1. The van der Waals surface area contributed by atoms with Crippen LogP contribution >= 0.6 is 11.8 Å². The van der Waals surface area contributed by atoms with Crippen LogP contribution in [0.5, 0.6) is 0 Å². The van der Waals surface area contributed by atoms with Gasteiger partial charge in [0.15, 0.2) is 0 Å². The van der Waals surface area contributed by atoms with E-state index in [1.807, 2.05) is 54.6 Å². The predicted molar refractivity (Wildman–Crippen MR) is 126 cm³/mol. The molecule has 0 aliphatic heterocycles. The Morgan fingerprint density at radius 1 is 1.00 bits per heavy atom. The Labute approximate surface area is 183 Å². The molecule has 0 aliphatic rings. The Balaban J connectivity index is 1.45. The zero-order valence-corrected chi connectivity index (χ0v) is 17.4. The van der Waals surface area contributed by atoms with Gasteiger partial charge in [-0.1, -0.05) is 42.1 Å². The number of hydrogen-bond donors (Lipinski definition) is 3. The normalized spacial score (nSPS) is 11.1. The van der Waals surface area contributed by atoms with Crippen LogP contribution < -0.4 is 11.1 Å². The zero-order valence-electron chi connectivity index (χ0n) is 16.6. The standard InChI is InChI=1S/C25H20N4OS/c26-25(30)23-24(31-19-6-2-1-3-7-19)20-13-16(8-10-22(20)29-23)15-28-18-9-11-21-17(14-18)5-4-12-27-21/h1-14,28-29H,15H2,(H2,26,30). The molecule has 0 aliphatic carbocycles. The topological polar surface area (TPSA) is 83.8 Å². The number of nitrogens with two attached hydrogens (primary N) is 1. The average Bonchev–Trinajstić information content (AvgIpc) is 3.16. The van der Waals surface area contributed by atoms with E-state index < -0.39 is 5.91 Å². The fourth-order valence-electron chi connectivity index (χ4n) is 3.60. The first-order valence-corrected chi connectivity index (χ1v) is 10.7. The lowest BCUT2D eigenvalue weighted by molar-refractivity contribution is 0.0993. The summed E-state index contributed by atoms with van der Waals surface area (Å²) in [5, 5.41) is 5.57. The number of primary amides is 1. The van der Waals surface area contributed by atoms with E-state index >= 15 is 0 Å². The number of aromatic nitrogens is 2. The first kappa shape index (κ1) is 19.2. The van der Waals surface area contributed by atoms with Gasteiger partial charge in [-0.2, -0.15) is 0 Å². The summed E-state index contributed by atoms with van der Waals surface area (Å²) < 4.78 is 0. The number of anilines is 1. The largest absolute Gasteiger partial charge is 0.381 e. The van der Waals surface area contributed by atoms with Gasteiger partial charge < -0.3 is 16.0 Å². The second-order valence-corrected chi connectivity index (χ2v) is 8.34. The predicted octanol–water partition coefficient (Wildman–Crippen LogP) is 5.58. The Hall–Kier alpha value is -3.77. The number of fused-ring (bicyclic) bond motifs is 2. The molecule has 2 aromatic heterocycles. The summed E-state index contributed by atoms with van der Waals surface area (Å²) in [6.45, 7) is 0.661. The molecular formula is C25H20N4OS. The fourth-order valence-corrected chi connectivity index (χ4v) is 4.66. The summed E-state index contributed by atoms with van der Waals surface area (Å²) >= 11 is 1.54. The summed E-state index contributed by atoms with van der Waals surface area (Å²) in [6, 6.07) is 26.3. The van der Waals surface area contributed by atoms with Gasteiger partial charge in [0.2, 0.25) is 0 Å². The quantitative estimate of drug-likeness (QED) is 0.332. The van der Waals surface area contributed by atoms with Crippen LogP contribution in [0.3, 0.4) is 0 Å². The van der Waals surface area contributed by atoms with Crippen LogP contribution in [0, 0.1) is 0 Å². The second-order valence-electron chi connectivity index (χ2n) is 7.25. The highest BCUT2D eigenvalue weighted by molar-refractivity contribution is 7.99. The van der Waals surface area contributed by atoms with Crippen LogP contribution in [0.15, 0.2) is 94.9 Å². The number of H-pyrrole nitrogens is 1. The van der Waals surface area contributed by atoms with Crippen molar-refractivity contribution in [2.24, 2.45) is 5.73 Å². The molecule has 0 bridgehead atoms. The van der Waals surface area contributed by atoms with Crippen LogP contribution in [0.1, 0.15) is 16.1 Å². The fraction of sp³-hybridized carbons (Fsp3) is 0.0400. The van der Waals surface area contributed by atoms with Crippen LogP contribution in [0.2, 0.25) is 0 Å². The summed E-state index contributed by atoms with van der Waals surface area (Å²) in [5.74, 6) is -0.459. The molecule has 6 heteroatoms. The van der Waals surface area contributed by atoms with Gasteiger partial charge in [-0.05, 0) is 54.1 Å². The number of pyridine rings is 1. The van der Waals surface area contributed by atoms with Crippen molar-refractivity contribution in [3.63, 3.8) is 0 Å². The highest BCUT2D eigenvalue weighted by atomic mass is 32.2. The molecule has 0 spiro atoms.